The molecule has 1 N–H and O–H groups in total. The van der Waals surface area contributed by atoms with Crippen molar-refractivity contribution >= 4 is 23.3 Å². The van der Waals surface area contributed by atoms with Gasteiger partial charge < -0.3 is 9.55 Å². The predicted molar refractivity (Wildman–Crippen MR) is 78.2 cm³/mol. The summed E-state index contributed by atoms with van der Waals surface area (Å²) < 4.78 is 29.8. The van der Waals surface area contributed by atoms with Crippen molar-refractivity contribution in [2.24, 2.45) is 5.41 Å². The zero-order chi connectivity index (χ0) is 14.3. The van der Waals surface area contributed by atoms with Crippen molar-refractivity contribution in [3.05, 3.63) is 28.5 Å². The normalized spacial score (nSPS) is 17.9. The molecule has 1 aliphatic rings. The van der Waals surface area contributed by atoms with E-state index in [0.29, 0.717) is 16.8 Å². The molecule has 1 fully saturated rings. The van der Waals surface area contributed by atoms with Crippen LogP contribution < -0.4 is 0 Å². The molecule has 3 rings (SSSR count). The van der Waals surface area contributed by atoms with Crippen LogP contribution in [0.4, 0.5) is 8.78 Å². The molecule has 1 heterocycles. The van der Waals surface area contributed by atoms with Crippen LogP contribution in [0.3, 0.4) is 0 Å². The lowest BCUT2D eigenvalue weighted by Crippen LogP contribution is -2.23. The molecule has 5 heteroatoms. The lowest BCUT2D eigenvalue weighted by atomic mass is 9.83. The molecule has 0 radical (unpaired) electrons. The fraction of sp³-hybridized carbons (Fsp3) is 0.533. The van der Waals surface area contributed by atoms with Gasteiger partial charge in [-0.1, -0.05) is 19.8 Å². The van der Waals surface area contributed by atoms with Crippen LogP contribution in [0.2, 0.25) is 0 Å². The van der Waals surface area contributed by atoms with Gasteiger partial charge in [-0.2, -0.15) is 0 Å². The van der Waals surface area contributed by atoms with Crippen LogP contribution >= 0.6 is 12.2 Å². The zero-order valence-electron chi connectivity index (χ0n) is 11.5. The van der Waals surface area contributed by atoms with E-state index in [2.05, 4.69) is 11.9 Å². The highest BCUT2D eigenvalue weighted by Crippen LogP contribution is 2.43. The highest BCUT2D eigenvalue weighted by molar-refractivity contribution is 7.71. The van der Waals surface area contributed by atoms with E-state index in [0.717, 1.165) is 25.3 Å². The number of imidazole rings is 1. The second-order valence-corrected chi connectivity index (χ2v) is 6.22. The number of rotatable bonds is 3. The third kappa shape index (κ3) is 2.08. The van der Waals surface area contributed by atoms with Crippen LogP contribution in [0, 0.1) is 21.8 Å². The Labute approximate surface area is 121 Å². The number of halogens is 2. The Hall–Kier alpha value is -1.23. The third-order valence-electron chi connectivity index (χ3n) is 4.73. The second kappa shape index (κ2) is 4.95. The molecule has 0 amide bonds. The number of hydrogen-bond acceptors (Lipinski definition) is 1. The number of H-pyrrole nitrogens is 1. The van der Waals surface area contributed by atoms with Gasteiger partial charge in [0.1, 0.15) is 5.52 Å². The summed E-state index contributed by atoms with van der Waals surface area (Å²) in [6.07, 6.45) is 5.73. The van der Waals surface area contributed by atoms with Gasteiger partial charge in [-0.05, 0) is 49.0 Å². The van der Waals surface area contributed by atoms with Gasteiger partial charge in [0.25, 0.3) is 0 Å². The topological polar surface area (TPSA) is 20.7 Å². The van der Waals surface area contributed by atoms with Gasteiger partial charge in [0, 0.05) is 6.54 Å². The molecule has 0 bridgehead atoms. The Balaban J connectivity index is 2.13. The summed E-state index contributed by atoms with van der Waals surface area (Å²) in [4.78, 5) is 2.98. The van der Waals surface area contributed by atoms with Gasteiger partial charge in [-0.3, -0.25) is 0 Å². The summed E-state index contributed by atoms with van der Waals surface area (Å²) in [5, 5.41) is 0. The van der Waals surface area contributed by atoms with E-state index in [4.69, 9.17) is 12.2 Å². The van der Waals surface area contributed by atoms with Gasteiger partial charge in [0.05, 0.1) is 5.52 Å². The first-order chi connectivity index (χ1) is 9.56. The number of aromatic amines is 1. The molecule has 20 heavy (non-hydrogen) atoms. The van der Waals surface area contributed by atoms with Crippen molar-refractivity contribution in [2.45, 2.75) is 45.6 Å². The Bertz CT molecular complexity index is 696. The molecule has 0 aliphatic heterocycles. The summed E-state index contributed by atoms with van der Waals surface area (Å²) >= 11 is 5.31. The van der Waals surface area contributed by atoms with E-state index in [1.807, 2.05) is 0 Å². The second-order valence-electron chi connectivity index (χ2n) is 5.83. The van der Waals surface area contributed by atoms with Gasteiger partial charge in [0.15, 0.2) is 16.4 Å². The van der Waals surface area contributed by atoms with Crippen molar-refractivity contribution in [3.63, 3.8) is 0 Å². The van der Waals surface area contributed by atoms with Crippen LogP contribution in [0.15, 0.2) is 12.1 Å². The largest absolute Gasteiger partial charge is 0.330 e. The molecular weight excluding hydrogens is 278 g/mol. The minimum absolute atomic E-state index is 0.173. The van der Waals surface area contributed by atoms with Gasteiger partial charge in [0.2, 0.25) is 0 Å². The maximum Gasteiger partial charge on any atom is 0.184 e. The maximum absolute atomic E-state index is 14.1. The van der Waals surface area contributed by atoms with Crippen LogP contribution in [-0.2, 0) is 6.54 Å². The smallest absolute Gasteiger partial charge is 0.184 e. The van der Waals surface area contributed by atoms with Crippen LogP contribution in [0.25, 0.3) is 11.0 Å². The van der Waals surface area contributed by atoms with E-state index in [9.17, 15) is 8.78 Å². The molecule has 1 aromatic carbocycles. The van der Waals surface area contributed by atoms with Gasteiger partial charge >= 0.3 is 0 Å². The van der Waals surface area contributed by atoms with Crippen molar-refractivity contribution in [3.8, 4) is 0 Å². The van der Waals surface area contributed by atoms with Crippen molar-refractivity contribution in [1.29, 1.82) is 0 Å². The quantitative estimate of drug-likeness (QED) is 0.795. The van der Waals surface area contributed by atoms with E-state index in [-0.39, 0.29) is 10.9 Å². The number of nitrogens with one attached hydrogen (secondary N) is 1. The lowest BCUT2D eigenvalue weighted by Gasteiger charge is -2.28. The Morgan fingerprint density at radius 2 is 2.00 bits per heavy atom. The number of benzene rings is 1. The molecule has 108 valence electrons. The fourth-order valence-corrected chi connectivity index (χ4v) is 3.69. The summed E-state index contributed by atoms with van der Waals surface area (Å²) in [7, 11) is 0. The average Bonchev–Trinajstić information content (AvgIpc) is 3.02. The summed E-state index contributed by atoms with van der Waals surface area (Å²) in [6, 6.07) is 2.69. The van der Waals surface area contributed by atoms with Crippen LogP contribution in [-0.4, -0.2) is 9.55 Å². The molecule has 1 aromatic heterocycles. The monoisotopic (exact) mass is 296 g/mol. The van der Waals surface area contributed by atoms with Gasteiger partial charge in [-0.25, -0.2) is 8.78 Å². The van der Waals surface area contributed by atoms with Crippen molar-refractivity contribution < 1.29 is 8.78 Å². The molecule has 0 atom stereocenters. The van der Waals surface area contributed by atoms with E-state index < -0.39 is 11.6 Å². The minimum Gasteiger partial charge on any atom is -0.330 e. The van der Waals surface area contributed by atoms with Crippen LogP contribution in [0.5, 0.6) is 0 Å². The standard InChI is InChI=1S/C15H18F2N2S/c1-2-15(7-3-4-8-15)9-19-13-11(18-14(19)20)6-5-10(16)12(13)17/h5-6H,2-4,7-9H2,1H3,(H,18,20). The maximum atomic E-state index is 14.1. The van der Waals surface area contributed by atoms with E-state index in [1.165, 1.54) is 12.8 Å². The van der Waals surface area contributed by atoms with Crippen molar-refractivity contribution in [1.82, 2.24) is 9.55 Å². The van der Waals surface area contributed by atoms with Crippen LogP contribution in [0.1, 0.15) is 39.0 Å². The Morgan fingerprint density at radius 3 is 2.65 bits per heavy atom. The molecule has 0 saturated heterocycles. The number of hydrogen-bond donors (Lipinski definition) is 1. The SMILES string of the molecule is CCC1(Cn2c(=S)[nH]c3ccc(F)c(F)c32)CCCC1. The first kappa shape index (κ1) is 13.7. The fourth-order valence-electron chi connectivity index (χ4n) is 3.42. The van der Waals surface area contributed by atoms with E-state index >= 15 is 0 Å². The Morgan fingerprint density at radius 1 is 1.30 bits per heavy atom. The molecule has 0 unspecified atom stereocenters. The molecule has 0 spiro atoms. The summed E-state index contributed by atoms with van der Waals surface area (Å²) in [6.45, 7) is 2.84. The summed E-state index contributed by atoms with van der Waals surface area (Å²) in [5.74, 6) is -1.63. The average molecular weight is 296 g/mol. The number of fused-ring (bicyclic) bond motifs is 1. The van der Waals surface area contributed by atoms with Gasteiger partial charge in [-0.15, -0.1) is 0 Å². The zero-order valence-corrected chi connectivity index (χ0v) is 12.3. The number of nitrogens with zero attached hydrogens (tertiary/aromatic N) is 1. The molecule has 1 saturated carbocycles. The van der Waals surface area contributed by atoms with Crippen molar-refractivity contribution in [2.75, 3.05) is 0 Å². The van der Waals surface area contributed by atoms with E-state index in [1.54, 1.807) is 10.6 Å². The first-order valence-electron chi connectivity index (χ1n) is 7.13. The predicted octanol–water partition coefficient (Wildman–Crippen LogP) is 4.95. The molecule has 2 nitrogen and oxygen atoms in total. The molecule has 1 aliphatic carbocycles. The molecule has 2 aromatic rings. The lowest BCUT2D eigenvalue weighted by molar-refractivity contribution is 0.238. The third-order valence-corrected chi connectivity index (χ3v) is 5.06. The Kier molecular flexibility index (Phi) is 3.40. The highest BCUT2D eigenvalue weighted by Gasteiger charge is 2.33. The summed E-state index contributed by atoms with van der Waals surface area (Å²) in [5.41, 5.74) is 1.01. The molecular formula is C15H18F2N2S. The number of aromatic nitrogens is 2. The minimum atomic E-state index is -0.822. The highest BCUT2D eigenvalue weighted by atomic mass is 32.1. The first-order valence-corrected chi connectivity index (χ1v) is 7.54.